The Hall–Kier alpha value is -2.41. The maximum Gasteiger partial charge on any atom is 0.274 e. The van der Waals surface area contributed by atoms with E-state index in [4.69, 9.17) is 11.6 Å². The predicted molar refractivity (Wildman–Crippen MR) is 88.9 cm³/mol. The van der Waals surface area contributed by atoms with Crippen molar-refractivity contribution in [2.75, 3.05) is 0 Å². The highest BCUT2D eigenvalue weighted by Gasteiger charge is 2.36. The number of halogens is 1. The average molecular weight is 345 g/mol. The van der Waals surface area contributed by atoms with Crippen LogP contribution >= 0.6 is 11.6 Å². The van der Waals surface area contributed by atoms with Gasteiger partial charge in [-0.15, -0.1) is 0 Å². The second-order valence-electron chi connectivity index (χ2n) is 6.25. The standard InChI is InChI=1S/C16H17ClN6O/c1-9-7-19-14-11(17)13(21-23(14)8-9)16(24)20-12(10-3-4-10)15-18-5-6-22(15)2/h5-8,10,12H,3-4H2,1-2H3,(H,20,24)/t12-/m0/s1. The lowest BCUT2D eigenvalue weighted by atomic mass is 10.1. The van der Waals surface area contributed by atoms with E-state index in [9.17, 15) is 4.79 Å². The van der Waals surface area contributed by atoms with Crippen LogP contribution in [0.3, 0.4) is 0 Å². The van der Waals surface area contributed by atoms with Gasteiger partial charge in [-0.25, -0.2) is 14.5 Å². The molecule has 3 aromatic heterocycles. The van der Waals surface area contributed by atoms with Crippen LogP contribution in [0.4, 0.5) is 0 Å². The molecule has 1 fully saturated rings. The van der Waals surface area contributed by atoms with Gasteiger partial charge in [0.05, 0.1) is 6.04 Å². The molecule has 7 nitrogen and oxygen atoms in total. The number of amides is 1. The number of carbonyl (C=O) groups is 1. The highest BCUT2D eigenvalue weighted by atomic mass is 35.5. The minimum absolute atomic E-state index is 0.131. The zero-order valence-electron chi connectivity index (χ0n) is 13.4. The van der Waals surface area contributed by atoms with Crippen molar-refractivity contribution in [3.8, 4) is 0 Å². The molecule has 0 aromatic carbocycles. The summed E-state index contributed by atoms with van der Waals surface area (Å²) in [5, 5.41) is 7.60. The summed E-state index contributed by atoms with van der Waals surface area (Å²) in [6.45, 7) is 1.91. The first-order chi connectivity index (χ1) is 11.5. The zero-order valence-corrected chi connectivity index (χ0v) is 14.2. The quantitative estimate of drug-likeness (QED) is 0.787. The lowest BCUT2D eigenvalue weighted by Crippen LogP contribution is -2.32. The number of rotatable bonds is 4. The molecular formula is C16H17ClN6O. The van der Waals surface area contributed by atoms with E-state index < -0.39 is 0 Å². The first-order valence-electron chi connectivity index (χ1n) is 7.83. The van der Waals surface area contributed by atoms with E-state index in [1.807, 2.05) is 24.7 Å². The van der Waals surface area contributed by atoms with Gasteiger partial charge >= 0.3 is 0 Å². The van der Waals surface area contributed by atoms with Crippen molar-refractivity contribution in [1.29, 1.82) is 0 Å². The lowest BCUT2D eigenvalue weighted by molar-refractivity contribution is 0.0923. The van der Waals surface area contributed by atoms with E-state index in [1.54, 1.807) is 23.1 Å². The summed E-state index contributed by atoms with van der Waals surface area (Å²) in [7, 11) is 1.93. The van der Waals surface area contributed by atoms with Crippen molar-refractivity contribution in [2.24, 2.45) is 13.0 Å². The Morgan fingerprint density at radius 3 is 2.88 bits per heavy atom. The normalized spacial score (nSPS) is 15.6. The van der Waals surface area contributed by atoms with Crippen molar-refractivity contribution in [2.45, 2.75) is 25.8 Å². The molecule has 24 heavy (non-hydrogen) atoms. The first-order valence-corrected chi connectivity index (χ1v) is 8.21. The third-order valence-corrected chi connectivity index (χ3v) is 4.63. The van der Waals surface area contributed by atoms with Crippen LogP contribution in [0, 0.1) is 12.8 Å². The molecule has 0 bridgehead atoms. The number of aryl methyl sites for hydroxylation is 2. The SMILES string of the molecule is Cc1cnc2c(Cl)c(C(=O)N[C@H](c3nccn3C)C3CC3)nn2c1. The summed E-state index contributed by atoms with van der Waals surface area (Å²) >= 11 is 6.31. The van der Waals surface area contributed by atoms with Crippen LogP contribution in [0.5, 0.6) is 0 Å². The third kappa shape index (κ3) is 2.54. The van der Waals surface area contributed by atoms with Crippen molar-refractivity contribution in [1.82, 2.24) is 29.5 Å². The minimum atomic E-state index is -0.303. The van der Waals surface area contributed by atoms with Gasteiger partial charge in [-0.3, -0.25) is 4.79 Å². The van der Waals surface area contributed by atoms with Crippen LogP contribution < -0.4 is 5.32 Å². The molecule has 1 N–H and O–H groups in total. The van der Waals surface area contributed by atoms with Crippen LogP contribution in [0.25, 0.3) is 5.65 Å². The van der Waals surface area contributed by atoms with Gasteiger partial charge in [0, 0.05) is 31.8 Å². The van der Waals surface area contributed by atoms with Crippen LogP contribution in [-0.2, 0) is 7.05 Å². The molecular weight excluding hydrogens is 328 g/mol. The molecule has 4 rings (SSSR count). The van der Waals surface area contributed by atoms with Crippen molar-refractivity contribution in [3.05, 3.63) is 46.9 Å². The van der Waals surface area contributed by atoms with Gasteiger partial charge in [0.25, 0.3) is 5.91 Å². The predicted octanol–water partition coefficient (Wildman–Crippen LogP) is 2.31. The Balaban J connectivity index is 1.66. The summed E-state index contributed by atoms with van der Waals surface area (Å²) < 4.78 is 3.47. The molecule has 0 radical (unpaired) electrons. The summed E-state index contributed by atoms with van der Waals surface area (Å²) in [6, 6.07) is -0.131. The maximum absolute atomic E-state index is 12.7. The van der Waals surface area contributed by atoms with Crippen LogP contribution in [0.1, 0.15) is 40.8 Å². The van der Waals surface area contributed by atoms with Crippen LogP contribution in [0.15, 0.2) is 24.8 Å². The maximum atomic E-state index is 12.7. The highest BCUT2D eigenvalue weighted by molar-refractivity contribution is 6.36. The first kappa shape index (κ1) is 15.1. The van der Waals surface area contributed by atoms with Crippen molar-refractivity contribution < 1.29 is 4.79 Å². The van der Waals surface area contributed by atoms with Gasteiger partial charge in [-0.05, 0) is 31.2 Å². The molecule has 1 atom stereocenters. The summed E-state index contributed by atoms with van der Waals surface area (Å²) in [5.74, 6) is 0.953. The van der Waals surface area contributed by atoms with E-state index in [1.165, 1.54) is 0 Å². The van der Waals surface area contributed by atoms with E-state index in [2.05, 4.69) is 20.4 Å². The van der Waals surface area contributed by atoms with Crippen molar-refractivity contribution >= 4 is 23.2 Å². The van der Waals surface area contributed by atoms with Gasteiger partial charge in [-0.2, -0.15) is 5.10 Å². The smallest absolute Gasteiger partial charge is 0.274 e. The molecule has 3 heterocycles. The molecule has 3 aromatic rings. The highest BCUT2D eigenvalue weighted by Crippen LogP contribution is 2.40. The number of fused-ring (bicyclic) bond motifs is 1. The van der Waals surface area contributed by atoms with Crippen molar-refractivity contribution in [3.63, 3.8) is 0 Å². The number of nitrogens with one attached hydrogen (secondary N) is 1. The minimum Gasteiger partial charge on any atom is -0.340 e. The number of hydrogen-bond acceptors (Lipinski definition) is 4. The largest absolute Gasteiger partial charge is 0.340 e. The second-order valence-corrected chi connectivity index (χ2v) is 6.62. The molecule has 1 amide bonds. The Kier molecular flexibility index (Phi) is 3.53. The fourth-order valence-electron chi connectivity index (χ4n) is 2.85. The van der Waals surface area contributed by atoms with Crippen LogP contribution in [0.2, 0.25) is 5.02 Å². The molecule has 0 unspecified atom stereocenters. The molecule has 0 aliphatic heterocycles. The topological polar surface area (TPSA) is 77.1 Å². The number of carbonyl (C=O) groups excluding carboxylic acids is 1. The molecule has 1 aliphatic carbocycles. The molecule has 0 saturated heterocycles. The number of imidazole rings is 1. The monoisotopic (exact) mass is 344 g/mol. The number of aromatic nitrogens is 5. The zero-order chi connectivity index (χ0) is 16.8. The fraction of sp³-hybridized carbons (Fsp3) is 0.375. The Bertz CT molecular complexity index is 926. The Morgan fingerprint density at radius 2 is 2.21 bits per heavy atom. The second kappa shape index (κ2) is 5.59. The van der Waals surface area contributed by atoms with Gasteiger partial charge in [-0.1, -0.05) is 11.6 Å². The van der Waals surface area contributed by atoms with Gasteiger partial charge in [0.2, 0.25) is 0 Å². The van der Waals surface area contributed by atoms with Crippen LogP contribution in [-0.4, -0.2) is 30.1 Å². The average Bonchev–Trinajstić information content (AvgIpc) is 3.23. The van der Waals surface area contributed by atoms with E-state index in [0.717, 1.165) is 24.2 Å². The number of hydrogen-bond donors (Lipinski definition) is 1. The number of nitrogens with zero attached hydrogens (tertiary/aromatic N) is 5. The van der Waals surface area contributed by atoms with Gasteiger partial charge in [0.1, 0.15) is 10.8 Å². The molecule has 1 saturated carbocycles. The Labute approximate surface area is 143 Å². The lowest BCUT2D eigenvalue weighted by Gasteiger charge is -2.17. The van der Waals surface area contributed by atoms with Gasteiger partial charge < -0.3 is 9.88 Å². The third-order valence-electron chi connectivity index (χ3n) is 4.28. The molecule has 0 spiro atoms. The molecule has 124 valence electrons. The molecule has 1 aliphatic rings. The van der Waals surface area contributed by atoms with E-state index in [-0.39, 0.29) is 22.7 Å². The summed E-state index contributed by atoms with van der Waals surface area (Å²) in [4.78, 5) is 21.4. The molecule has 8 heteroatoms. The van der Waals surface area contributed by atoms with E-state index in [0.29, 0.717) is 11.6 Å². The van der Waals surface area contributed by atoms with Gasteiger partial charge in [0.15, 0.2) is 11.3 Å². The summed E-state index contributed by atoms with van der Waals surface area (Å²) in [6.07, 6.45) is 9.27. The Morgan fingerprint density at radius 1 is 1.42 bits per heavy atom. The summed E-state index contributed by atoms with van der Waals surface area (Å²) in [5.41, 5.74) is 1.61. The van der Waals surface area contributed by atoms with E-state index >= 15 is 0 Å². The fourth-order valence-corrected chi connectivity index (χ4v) is 3.11.